The summed E-state index contributed by atoms with van der Waals surface area (Å²) < 4.78 is 10.6. The third-order valence-electron chi connectivity index (χ3n) is 5.15. The molecule has 7 atom stereocenters. The van der Waals surface area contributed by atoms with Crippen LogP contribution >= 0.6 is 0 Å². The van der Waals surface area contributed by atoms with E-state index in [0.717, 1.165) is 0 Å². The summed E-state index contributed by atoms with van der Waals surface area (Å²) in [5, 5.41) is 47.3. The van der Waals surface area contributed by atoms with Gasteiger partial charge < -0.3 is 35.0 Å². The van der Waals surface area contributed by atoms with Crippen LogP contribution in [0, 0.1) is 11.8 Å². The highest BCUT2D eigenvalue weighted by molar-refractivity contribution is 5.84. The molecule has 9 heteroatoms. The van der Waals surface area contributed by atoms with Crippen LogP contribution in [0.4, 0.5) is 0 Å². The van der Waals surface area contributed by atoms with Gasteiger partial charge in [-0.1, -0.05) is 12.2 Å². The van der Waals surface area contributed by atoms with Gasteiger partial charge in [-0.05, 0) is 25.2 Å². The molecule has 2 fully saturated rings. The maximum Gasteiger partial charge on any atom is 0.303 e. The van der Waals surface area contributed by atoms with Crippen molar-refractivity contribution >= 4 is 11.8 Å². The summed E-state index contributed by atoms with van der Waals surface area (Å²) in [6.07, 6.45) is -0.898. The van der Waals surface area contributed by atoms with E-state index in [4.69, 9.17) is 19.7 Å². The molecule has 9 nitrogen and oxygen atoms in total. The van der Waals surface area contributed by atoms with Crippen molar-refractivity contribution < 1.29 is 44.6 Å². The zero-order chi connectivity index (χ0) is 20.0. The molecule has 154 valence electrons. The smallest absolute Gasteiger partial charge is 0.303 e. The molecule has 1 saturated heterocycles. The normalized spacial score (nSPS) is 37.2. The molecule has 2 aliphatic rings. The highest BCUT2D eigenvalue weighted by Crippen LogP contribution is 2.34. The first-order valence-corrected chi connectivity index (χ1v) is 9.16. The summed E-state index contributed by atoms with van der Waals surface area (Å²) in [7, 11) is 0. The van der Waals surface area contributed by atoms with E-state index in [-0.39, 0.29) is 30.6 Å². The van der Waals surface area contributed by atoms with Crippen LogP contribution in [0.3, 0.4) is 0 Å². The Balaban J connectivity index is 1.73. The zero-order valence-corrected chi connectivity index (χ0v) is 15.0. The number of rotatable bonds is 9. The third kappa shape index (κ3) is 5.81. The van der Waals surface area contributed by atoms with Gasteiger partial charge >= 0.3 is 5.97 Å². The molecule has 0 spiro atoms. The first-order valence-electron chi connectivity index (χ1n) is 9.16. The van der Waals surface area contributed by atoms with Crippen LogP contribution in [0.25, 0.3) is 0 Å². The van der Waals surface area contributed by atoms with Gasteiger partial charge in [0.1, 0.15) is 30.2 Å². The summed E-state index contributed by atoms with van der Waals surface area (Å²) in [5.74, 6) is -1.17. The van der Waals surface area contributed by atoms with Gasteiger partial charge in [-0.25, -0.2) is 0 Å². The van der Waals surface area contributed by atoms with Crippen LogP contribution in [0.15, 0.2) is 12.2 Å². The van der Waals surface area contributed by atoms with Crippen molar-refractivity contribution in [3.8, 4) is 0 Å². The Labute approximate surface area is 157 Å². The van der Waals surface area contributed by atoms with E-state index in [0.29, 0.717) is 25.7 Å². The molecule has 7 unspecified atom stereocenters. The monoisotopic (exact) mass is 388 g/mol. The van der Waals surface area contributed by atoms with Crippen molar-refractivity contribution in [3.05, 3.63) is 12.2 Å². The van der Waals surface area contributed by atoms with E-state index in [1.807, 2.05) is 6.08 Å². The number of aliphatic hydroxyl groups is 4. The lowest BCUT2D eigenvalue weighted by atomic mass is 9.89. The fourth-order valence-electron chi connectivity index (χ4n) is 3.59. The first-order chi connectivity index (χ1) is 12.8. The number of ether oxygens (including phenoxy) is 2. The number of aliphatic hydroxyl groups excluding tert-OH is 4. The zero-order valence-electron chi connectivity index (χ0n) is 15.0. The molecule has 27 heavy (non-hydrogen) atoms. The van der Waals surface area contributed by atoms with E-state index in [9.17, 15) is 24.9 Å². The maximum absolute atomic E-state index is 11.9. The molecule has 0 aromatic carbocycles. The van der Waals surface area contributed by atoms with Gasteiger partial charge in [0.05, 0.1) is 13.2 Å². The molecule has 1 aliphatic heterocycles. The van der Waals surface area contributed by atoms with Crippen molar-refractivity contribution in [2.45, 2.75) is 62.8 Å². The Morgan fingerprint density at radius 3 is 2.59 bits per heavy atom. The summed E-state index contributed by atoms with van der Waals surface area (Å²) in [4.78, 5) is 22.7. The Bertz CT molecular complexity index is 533. The number of carboxylic acid groups (broad SMARTS) is 1. The van der Waals surface area contributed by atoms with Crippen LogP contribution in [-0.2, 0) is 19.1 Å². The van der Waals surface area contributed by atoms with Gasteiger partial charge in [0.25, 0.3) is 0 Å². The Morgan fingerprint density at radius 1 is 1.19 bits per heavy atom. The van der Waals surface area contributed by atoms with Gasteiger partial charge in [0.2, 0.25) is 0 Å². The molecule has 0 radical (unpaired) electrons. The van der Waals surface area contributed by atoms with Gasteiger partial charge in [-0.2, -0.15) is 0 Å². The molecule has 2 rings (SSSR count). The summed E-state index contributed by atoms with van der Waals surface area (Å²) >= 11 is 0. The second-order valence-corrected chi connectivity index (χ2v) is 7.03. The largest absolute Gasteiger partial charge is 0.481 e. The highest BCUT2D eigenvalue weighted by Gasteiger charge is 2.43. The summed E-state index contributed by atoms with van der Waals surface area (Å²) in [5.41, 5.74) is 0. The standard InChI is InChI=1S/C18H28O9/c19-9-13-15(23)16(24)17(25)18(27-13)26-7-3-1-2-4-11-10(8-14(21)22)5-6-12(11)20/h1-2,10-11,13,15-19,23-25H,3-9H2,(H,21,22)/b2-1+. The lowest BCUT2D eigenvalue weighted by Gasteiger charge is -2.39. The molecule has 1 heterocycles. The second-order valence-electron chi connectivity index (χ2n) is 7.03. The van der Waals surface area contributed by atoms with Crippen LogP contribution in [0.5, 0.6) is 0 Å². The molecular formula is C18H28O9. The maximum atomic E-state index is 11.9. The topological polar surface area (TPSA) is 154 Å². The lowest BCUT2D eigenvalue weighted by Crippen LogP contribution is -2.59. The third-order valence-corrected chi connectivity index (χ3v) is 5.15. The van der Waals surface area contributed by atoms with Crippen LogP contribution in [0.2, 0.25) is 0 Å². The van der Waals surface area contributed by atoms with E-state index >= 15 is 0 Å². The van der Waals surface area contributed by atoms with Crippen molar-refractivity contribution in [2.75, 3.05) is 13.2 Å². The average Bonchev–Trinajstić information content (AvgIpc) is 2.96. The van der Waals surface area contributed by atoms with Crippen LogP contribution < -0.4 is 0 Å². The van der Waals surface area contributed by atoms with E-state index in [2.05, 4.69) is 0 Å². The van der Waals surface area contributed by atoms with Crippen molar-refractivity contribution in [1.82, 2.24) is 0 Å². The number of aliphatic carboxylic acids is 1. The van der Waals surface area contributed by atoms with E-state index in [1.54, 1.807) is 6.08 Å². The van der Waals surface area contributed by atoms with E-state index in [1.165, 1.54) is 0 Å². The number of allylic oxidation sites excluding steroid dienone is 1. The number of carboxylic acids is 1. The van der Waals surface area contributed by atoms with Crippen LogP contribution in [0.1, 0.15) is 32.1 Å². The SMILES string of the molecule is O=C(O)CC1CCC(=O)C1C/C=C/CCOC1OC(CO)C(O)C(O)C1O. The van der Waals surface area contributed by atoms with Crippen molar-refractivity contribution in [1.29, 1.82) is 0 Å². The van der Waals surface area contributed by atoms with Gasteiger partial charge in [0, 0.05) is 18.8 Å². The molecule has 1 saturated carbocycles. The van der Waals surface area contributed by atoms with Gasteiger partial charge in [0.15, 0.2) is 6.29 Å². The number of ketones is 1. The van der Waals surface area contributed by atoms with Crippen molar-refractivity contribution in [2.24, 2.45) is 11.8 Å². The predicted octanol–water partition coefficient (Wildman–Crippen LogP) is -0.791. The number of hydrogen-bond donors (Lipinski definition) is 5. The quantitative estimate of drug-likeness (QED) is 0.252. The van der Waals surface area contributed by atoms with Gasteiger partial charge in [-0.15, -0.1) is 0 Å². The summed E-state index contributed by atoms with van der Waals surface area (Å²) in [6.45, 7) is -0.353. The average molecular weight is 388 g/mol. The number of carbonyl (C=O) groups is 2. The highest BCUT2D eigenvalue weighted by atomic mass is 16.7. The number of hydrogen-bond acceptors (Lipinski definition) is 8. The molecular weight excluding hydrogens is 360 g/mol. The fraction of sp³-hybridized carbons (Fsp3) is 0.778. The minimum absolute atomic E-state index is 0.00443. The Kier molecular flexibility index (Phi) is 8.33. The molecule has 0 aromatic heterocycles. The number of carbonyl (C=O) groups excluding carboxylic acids is 1. The summed E-state index contributed by atoms with van der Waals surface area (Å²) in [6, 6.07) is 0. The van der Waals surface area contributed by atoms with Crippen molar-refractivity contribution in [3.63, 3.8) is 0 Å². The number of Topliss-reactive ketones (excluding diaryl/α,β-unsaturated/α-hetero) is 1. The van der Waals surface area contributed by atoms with E-state index < -0.39 is 43.3 Å². The molecule has 0 bridgehead atoms. The minimum atomic E-state index is -1.48. The second kappa shape index (κ2) is 10.3. The minimum Gasteiger partial charge on any atom is -0.481 e. The van der Waals surface area contributed by atoms with Crippen LogP contribution in [-0.4, -0.2) is 81.2 Å². The predicted molar refractivity (Wildman–Crippen MR) is 91.6 cm³/mol. The molecule has 0 aromatic rings. The Hall–Kier alpha value is -1.36. The molecule has 1 aliphatic carbocycles. The fourth-order valence-corrected chi connectivity index (χ4v) is 3.59. The first kappa shape index (κ1) is 21.9. The Morgan fingerprint density at radius 2 is 1.93 bits per heavy atom. The molecule has 0 amide bonds. The van der Waals surface area contributed by atoms with Gasteiger partial charge in [-0.3, -0.25) is 9.59 Å². The lowest BCUT2D eigenvalue weighted by molar-refractivity contribution is -0.300. The molecule has 5 N–H and O–H groups in total.